The summed E-state index contributed by atoms with van der Waals surface area (Å²) in [6.07, 6.45) is 0.489. The molecule has 210 valence electrons. The topological polar surface area (TPSA) is 115 Å². The van der Waals surface area contributed by atoms with Crippen LogP contribution in [0.3, 0.4) is 0 Å². The number of amides is 2. The average Bonchev–Trinajstić information content (AvgIpc) is 3.53. The van der Waals surface area contributed by atoms with Gasteiger partial charge in [0.05, 0.1) is 41.1 Å². The van der Waals surface area contributed by atoms with Gasteiger partial charge in [-0.3, -0.25) is 4.79 Å². The fourth-order valence-corrected chi connectivity index (χ4v) is 8.28. The molecular weight excluding hydrogens is 571 g/mol. The maximum absolute atomic E-state index is 13.0. The van der Waals surface area contributed by atoms with Crippen molar-refractivity contribution in [2.75, 3.05) is 31.3 Å². The second-order valence-corrected chi connectivity index (χ2v) is 13.5. The van der Waals surface area contributed by atoms with Crippen molar-refractivity contribution in [2.45, 2.75) is 37.6 Å². The Morgan fingerprint density at radius 2 is 1.88 bits per heavy atom. The third kappa shape index (κ3) is 5.98. The van der Waals surface area contributed by atoms with Gasteiger partial charge in [-0.05, 0) is 61.7 Å². The van der Waals surface area contributed by atoms with Crippen LogP contribution in [0.25, 0.3) is 20.8 Å². The summed E-state index contributed by atoms with van der Waals surface area (Å²) < 4.78 is 36.8. The molecule has 0 fully saturated rings. The van der Waals surface area contributed by atoms with Gasteiger partial charge >= 0.3 is 6.09 Å². The van der Waals surface area contributed by atoms with Gasteiger partial charge in [-0.1, -0.05) is 12.1 Å². The average molecular weight is 600 g/mol. The van der Waals surface area contributed by atoms with Gasteiger partial charge in [-0.25, -0.2) is 18.2 Å². The Hall–Kier alpha value is -3.48. The summed E-state index contributed by atoms with van der Waals surface area (Å²) >= 11 is 2.99. The molecule has 0 atom stereocenters. The Morgan fingerprint density at radius 1 is 1.10 bits per heavy atom. The van der Waals surface area contributed by atoms with Crippen molar-refractivity contribution in [1.29, 1.82) is 0 Å². The van der Waals surface area contributed by atoms with E-state index < -0.39 is 9.84 Å². The second-order valence-electron chi connectivity index (χ2n) is 9.21. The number of hydrogen-bond acceptors (Lipinski definition) is 9. The first-order chi connectivity index (χ1) is 19.3. The number of benzene rings is 2. The van der Waals surface area contributed by atoms with Crippen molar-refractivity contribution in [3.8, 4) is 16.3 Å². The molecule has 2 amide bonds. The molecule has 1 aliphatic rings. The van der Waals surface area contributed by atoms with E-state index >= 15 is 0 Å². The predicted octanol–water partition coefficient (Wildman–Crippen LogP) is 5.74. The van der Waals surface area contributed by atoms with Crippen molar-refractivity contribution in [3.05, 3.63) is 59.0 Å². The molecule has 0 saturated carbocycles. The van der Waals surface area contributed by atoms with Crippen molar-refractivity contribution >= 4 is 59.7 Å². The molecule has 0 radical (unpaired) electrons. The number of fused-ring (bicyclic) bond motifs is 2. The molecule has 1 N–H and O–H groups in total. The third-order valence-corrected chi connectivity index (χ3v) is 10.6. The molecule has 12 heteroatoms. The fourth-order valence-electron chi connectivity index (χ4n) is 4.58. The second kappa shape index (κ2) is 11.9. The Kier molecular flexibility index (Phi) is 8.38. The van der Waals surface area contributed by atoms with E-state index in [0.29, 0.717) is 36.9 Å². The van der Waals surface area contributed by atoms with Gasteiger partial charge in [0.25, 0.3) is 0 Å². The molecular formula is C28H29N3O6S3. The molecule has 1 aliphatic heterocycles. The molecule has 2 aromatic heterocycles. The highest BCUT2D eigenvalue weighted by Gasteiger charge is 2.30. The van der Waals surface area contributed by atoms with Gasteiger partial charge in [-0.15, -0.1) is 22.7 Å². The lowest BCUT2D eigenvalue weighted by atomic mass is 10.0. The normalized spacial score (nSPS) is 13.2. The van der Waals surface area contributed by atoms with E-state index in [1.807, 2.05) is 24.3 Å². The molecule has 0 spiro atoms. The molecule has 40 heavy (non-hydrogen) atoms. The summed E-state index contributed by atoms with van der Waals surface area (Å²) in [6, 6.07) is 14.1. The van der Waals surface area contributed by atoms with E-state index in [1.54, 1.807) is 35.3 Å². The lowest BCUT2D eigenvalue weighted by molar-refractivity contribution is -0.116. The molecule has 4 aromatic rings. The zero-order valence-corrected chi connectivity index (χ0v) is 24.6. The maximum Gasteiger partial charge on any atom is 0.410 e. The number of nitrogens with zero attached hydrogens (tertiary/aromatic N) is 2. The Labute approximate surface area is 240 Å². The van der Waals surface area contributed by atoms with E-state index in [9.17, 15) is 18.0 Å². The van der Waals surface area contributed by atoms with Crippen molar-refractivity contribution < 1.29 is 27.5 Å². The minimum Gasteiger partial charge on any atom is -0.497 e. The standard InChI is InChI=1S/C28H29N3O6S3/c1-3-37-28(33)31-15-14-20-23(17-31)39-27(25(20)26-29-21-7-4-5-8-22(21)38-26)30-24(32)9-6-16-40(34,35)19-12-10-18(36-2)11-13-19/h4-5,7-8,10-13H,3,6,9,14-17H2,1-2H3,(H,30,32). The van der Waals surface area contributed by atoms with Gasteiger partial charge in [0, 0.05) is 23.4 Å². The van der Waals surface area contributed by atoms with Crippen molar-refractivity contribution in [3.63, 3.8) is 0 Å². The number of sulfone groups is 1. The number of carbonyl (C=O) groups is 2. The van der Waals surface area contributed by atoms with E-state index in [2.05, 4.69) is 5.32 Å². The van der Waals surface area contributed by atoms with Crippen LogP contribution in [0.2, 0.25) is 0 Å². The van der Waals surface area contributed by atoms with E-state index in [1.165, 1.54) is 30.6 Å². The molecule has 5 rings (SSSR count). The lowest BCUT2D eigenvalue weighted by Crippen LogP contribution is -2.35. The molecule has 2 aromatic carbocycles. The van der Waals surface area contributed by atoms with Gasteiger partial charge in [0.1, 0.15) is 15.8 Å². The number of aromatic nitrogens is 1. The van der Waals surface area contributed by atoms with Crippen molar-refractivity contribution in [2.24, 2.45) is 0 Å². The van der Waals surface area contributed by atoms with Crippen LogP contribution in [0.1, 0.15) is 30.2 Å². The monoisotopic (exact) mass is 599 g/mol. The first-order valence-electron chi connectivity index (χ1n) is 12.9. The number of methoxy groups -OCH3 is 1. The summed E-state index contributed by atoms with van der Waals surface area (Å²) in [5.74, 6) is 0.159. The van der Waals surface area contributed by atoms with Crippen LogP contribution in [0.5, 0.6) is 5.75 Å². The summed E-state index contributed by atoms with van der Waals surface area (Å²) in [7, 11) is -2.01. The molecule has 0 aliphatic carbocycles. The summed E-state index contributed by atoms with van der Waals surface area (Å²) in [6.45, 7) is 2.99. The third-order valence-electron chi connectivity index (χ3n) is 6.58. The number of para-hydroxylation sites is 1. The molecule has 9 nitrogen and oxygen atoms in total. The van der Waals surface area contributed by atoms with Crippen LogP contribution in [-0.4, -0.2) is 56.3 Å². The minimum absolute atomic E-state index is 0.0478. The zero-order valence-electron chi connectivity index (χ0n) is 22.1. The smallest absolute Gasteiger partial charge is 0.410 e. The van der Waals surface area contributed by atoms with Crippen molar-refractivity contribution in [1.82, 2.24) is 9.88 Å². The highest BCUT2D eigenvalue weighted by Crippen LogP contribution is 2.45. The molecule has 0 unspecified atom stereocenters. The van der Waals surface area contributed by atoms with Gasteiger partial charge in [-0.2, -0.15) is 0 Å². The van der Waals surface area contributed by atoms with Crippen LogP contribution in [0.15, 0.2) is 53.4 Å². The van der Waals surface area contributed by atoms with Gasteiger partial charge in [0.2, 0.25) is 5.91 Å². The number of carbonyl (C=O) groups excluding carboxylic acids is 2. The largest absolute Gasteiger partial charge is 0.497 e. The van der Waals surface area contributed by atoms with Gasteiger partial charge in [0.15, 0.2) is 9.84 Å². The Morgan fingerprint density at radius 3 is 2.60 bits per heavy atom. The van der Waals surface area contributed by atoms with Crippen LogP contribution in [0.4, 0.5) is 9.80 Å². The van der Waals surface area contributed by atoms with Crippen LogP contribution < -0.4 is 10.1 Å². The Balaban J connectivity index is 1.34. The number of nitrogens with one attached hydrogen (secondary N) is 1. The summed E-state index contributed by atoms with van der Waals surface area (Å²) in [5, 5.41) is 4.49. The maximum atomic E-state index is 13.0. The summed E-state index contributed by atoms with van der Waals surface area (Å²) in [4.78, 5) is 33.1. The van der Waals surface area contributed by atoms with Gasteiger partial charge < -0.3 is 19.7 Å². The molecule has 0 bridgehead atoms. The van der Waals surface area contributed by atoms with Crippen LogP contribution >= 0.6 is 22.7 Å². The first kappa shape index (κ1) is 28.1. The number of anilines is 1. The zero-order chi connectivity index (χ0) is 28.3. The van der Waals surface area contributed by atoms with E-state index in [4.69, 9.17) is 14.5 Å². The SMILES string of the molecule is CCOC(=O)N1CCc2c(sc(NC(=O)CCCS(=O)(=O)c3ccc(OC)cc3)c2-c2nc3ccccc3s2)C1. The number of ether oxygens (including phenoxy) is 2. The van der Waals surface area contributed by atoms with E-state index in [0.717, 1.165) is 31.2 Å². The number of thiazole rings is 1. The van der Waals surface area contributed by atoms with Crippen LogP contribution in [0, 0.1) is 0 Å². The highest BCUT2D eigenvalue weighted by atomic mass is 32.2. The van der Waals surface area contributed by atoms with E-state index in [-0.39, 0.29) is 35.5 Å². The summed E-state index contributed by atoms with van der Waals surface area (Å²) in [5.41, 5.74) is 2.83. The molecule has 0 saturated heterocycles. The molecule has 3 heterocycles. The van der Waals surface area contributed by atoms with Crippen LogP contribution in [-0.2, 0) is 32.3 Å². The highest BCUT2D eigenvalue weighted by molar-refractivity contribution is 7.91. The minimum atomic E-state index is -3.53. The lowest BCUT2D eigenvalue weighted by Gasteiger charge is -2.26. The fraction of sp³-hybridized carbons (Fsp3) is 0.321. The number of thiophene rings is 1. The predicted molar refractivity (Wildman–Crippen MR) is 157 cm³/mol. The number of hydrogen-bond donors (Lipinski definition) is 1. The Bertz CT molecular complexity index is 1610. The quantitative estimate of drug-likeness (QED) is 0.261. The first-order valence-corrected chi connectivity index (χ1v) is 16.2. The number of rotatable bonds is 9.